The van der Waals surface area contributed by atoms with Crippen molar-refractivity contribution in [3.05, 3.63) is 34.4 Å². The average molecular weight is 186 g/mol. The number of hydrogen-bond donors (Lipinski definition) is 1. The molecule has 0 amide bonds. The molecule has 0 bridgehead atoms. The van der Waals surface area contributed by atoms with Crippen molar-refractivity contribution in [1.29, 1.82) is 0 Å². The standard InChI is InChI=1S/C8H5Cl2N/c9-6-2-1-5-3-8(10)11-7(5)4-6/h1-4,11H. The van der Waals surface area contributed by atoms with E-state index in [1.807, 2.05) is 24.3 Å². The second-order valence-electron chi connectivity index (χ2n) is 2.35. The maximum Gasteiger partial charge on any atom is 0.107 e. The fourth-order valence-corrected chi connectivity index (χ4v) is 1.46. The van der Waals surface area contributed by atoms with Crippen molar-refractivity contribution < 1.29 is 0 Å². The minimum atomic E-state index is 0.641. The third kappa shape index (κ3) is 1.22. The molecule has 56 valence electrons. The Morgan fingerprint density at radius 2 is 1.91 bits per heavy atom. The first-order chi connectivity index (χ1) is 5.25. The largest absolute Gasteiger partial charge is 0.346 e. The fourth-order valence-electron chi connectivity index (χ4n) is 1.06. The molecule has 1 heterocycles. The molecule has 0 unspecified atom stereocenters. The Morgan fingerprint density at radius 3 is 2.73 bits per heavy atom. The summed E-state index contributed by atoms with van der Waals surface area (Å²) in [5.41, 5.74) is 0.975. The second-order valence-corrected chi connectivity index (χ2v) is 3.19. The van der Waals surface area contributed by atoms with E-state index >= 15 is 0 Å². The highest BCUT2D eigenvalue weighted by molar-refractivity contribution is 6.32. The summed E-state index contributed by atoms with van der Waals surface area (Å²) >= 11 is 11.5. The van der Waals surface area contributed by atoms with Crippen LogP contribution in [0.2, 0.25) is 10.2 Å². The first kappa shape index (κ1) is 7.01. The lowest BCUT2D eigenvalue weighted by Gasteiger charge is -1.88. The summed E-state index contributed by atoms with van der Waals surface area (Å²) in [5.74, 6) is 0. The Hall–Kier alpha value is -0.660. The summed E-state index contributed by atoms with van der Waals surface area (Å²) < 4.78 is 0. The van der Waals surface area contributed by atoms with E-state index in [4.69, 9.17) is 23.2 Å². The van der Waals surface area contributed by atoms with Gasteiger partial charge in [-0.3, -0.25) is 0 Å². The zero-order valence-corrected chi connectivity index (χ0v) is 7.08. The molecule has 3 heteroatoms. The molecule has 0 aliphatic heterocycles. The monoisotopic (exact) mass is 185 g/mol. The number of fused-ring (bicyclic) bond motifs is 1. The van der Waals surface area contributed by atoms with Gasteiger partial charge in [-0.05, 0) is 18.2 Å². The Balaban J connectivity index is 2.82. The van der Waals surface area contributed by atoms with Crippen LogP contribution in [-0.2, 0) is 0 Å². The van der Waals surface area contributed by atoms with Gasteiger partial charge >= 0.3 is 0 Å². The summed E-state index contributed by atoms with van der Waals surface area (Å²) in [7, 11) is 0. The van der Waals surface area contributed by atoms with Crippen molar-refractivity contribution in [2.24, 2.45) is 0 Å². The van der Waals surface area contributed by atoms with Gasteiger partial charge in [-0.1, -0.05) is 29.3 Å². The number of hydrogen-bond acceptors (Lipinski definition) is 0. The van der Waals surface area contributed by atoms with Crippen molar-refractivity contribution in [1.82, 2.24) is 4.98 Å². The predicted molar refractivity (Wildman–Crippen MR) is 48.3 cm³/mol. The summed E-state index contributed by atoms with van der Waals surface area (Å²) in [6.45, 7) is 0. The van der Waals surface area contributed by atoms with Gasteiger partial charge in [0.25, 0.3) is 0 Å². The average Bonchev–Trinajstić information content (AvgIpc) is 2.27. The highest BCUT2D eigenvalue weighted by Crippen LogP contribution is 2.21. The van der Waals surface area contributed by atoms with Gasteiger partial charge in [0.05, 0.1) is 0 Å². The normalized spacial score (nSPS) is 10.7. The van der Waals surface area contributed by atoms with Gasteiger partial charge in [-0.25, -0.2) is 0 Å². The summed E-state index contributed by atoms with van der Waals surface area (Å²) in [4.78, 5) is 2.98. The van der Waals surface area contributed by atoms with E-state index in [1.54, 1.807) is 0 Å². The molecular formula is C8H5Cl2N. The molecule has 0 aliphatic rings. The number of benzene rings is 1. The number of aromatic amines is 1. The first-order valence-electron chi connectivity index (χ1n) is 3.19. The highest BCUT2D eigenvalue weighted by atomic mass is 35.5. The van der Waals surface area contributed by atoms with Gasteiger partial charge in [0.15, 0.2) is 0 Å². The number of H-pyrrole nitrogens is 1. The van der Waals surface area contributed by atoms with Gasteiger partial charge in [-0.15, -0.1) is 0 Å². The van der Waals surface area contributed by atoms with Crippen LogP contribution in [0.3, 0.4) is 0 Å². The molecule has 0 saturated heterocycles. The molecule has 2 aromatic rings. The SMILES string of the molecule is Clc1ccc2cc(Cl)[nH]c2c1. The topological polar surface area (TPSA) is 15.8 Å². The summed E-state index contributed by atoms with van der Waals surface area (Å²) in [6.07, 6.45) is 0. The van der Waals surface area contributed by atoms with Crippen LogP contribution in [0.5, 0.6) is 0 Å². The number of nitrogens with one attached hydrogen (secondary N) is 1. The van der Waals surface area contributed by atoms with Crippen LogP contribution < -0.4 is 0 Å². The zero-order chi connectivity index (χ0) is 7.84. The van der Waals surface area contributed by atoms with Crippen LogP contribution in [-0.4, -0.2) is 4.98 Å². The zero-order valence-electron chi connectivity index (χ0n) is 5.57. The van der Waals surface area contributed by atoms with Gasteiger partial charge in [0.2, 0.25) is 0 Å². The van der Waals surface area contributed by atoms with Crippen molar-refractivity contribution in [2.45, 2.75) is 0 Å². The molecule has 1 aromatic carbocycles. The fraction of sp³-hybridized carbons (Fsp3) is 0. The van der Waals surface area contributed by atoms with E-state index in [9.17, 15) is 0 Å². The van der Waals surface area contributed by atoms with Crippen molar-refractivity contribution in [3.63, 3.8) is 0 Å². The van der Waals surface area contributed by atoms with E-state index in [0.717, 1.165) is 15.9 Å². The Labute approximate surface area is 73.9 Å². The highest BCUT2D eigenvalue weighted by Gasteiger charge is 1.97. The first-order valence-corrected chi connectivity index (χ1v) is 3.95. The maximum absolute atomic E-state index is 5.76. The molecule has 0 saturated carbocycles. The third-order valence-corrected chi connectivity index (χ3v) is 1.99. The van der Waals surface area contributed by atoms with Gasteiger partial charge in [-0.2, -0.15) is 0 Å². The van der Waals surface area contributed by atoms with E-state index in [2.05, 4.69) is 4.98 Å². The molecular weight excluding hydrogens is 181 g/mol. The molecule has 0 aliphatic carbocycles. The molecule has 0 radical (unpaired) electrons. The van der Waals surface area contributed by atoms with Crippen molar-refractivity contribution >= 4 is 34.1 Å². The second kappa shape index (κ2) is 2.43. The molecule has 11 heavy (non-hydrogen) atoms. The minimum Gasteiger partial charge on any atom is -0.346 e. The maximum atomic E-state index is 5.76. The van der Waals surface area contributed by atoms with Gasteiger partial charge < -0.3 is 4.98 Å². The van der Waals surface area contributed by atoms with E-state index in [-0.39, 0.29) is 0 Å². The molecule has 1 N–H and O–H groups in total. The molecule has 1 aromatic heterocycles. The number of aromatic nitrogens is 1. The minimum absolute atomic E-state index is 0.641. The van der Waals surface area contributed by atoms with Crippen LogP contribution in [0.15, 0.2) is 24.3 Å². The Bertz CT molecular complexity index is 392. The van der Waals surface area contributed by atoms with Crippen molar-refractivity contribution in [2.75, 3.05) is 0 Å². The Kier molecular flexibility index (Phi) is 1.55. The van der Waals surface area contributed by atoms with Crippen LogP contribution in [0.25, 0.3) is 10.9 Å². The lowest BCUT2D eigenvalue weighted by atomic mass is 10.2. The quantitative estimate of drug-likeness (QED) is 0.648. The molecule has 0 atom stereocenters. The number of rotatable bonds is 0. The molecule has 0 spiro atoms. The predicted octanol–water partition coefficient (Wildman–Crippen LogP) is 3.47. The lowest BCUT2D eigenvalue weighted by molar-refractivity contribution is 1.48. The summed E-state index contributed by atoms with van der Waals surface area (Å²) in [6, 6.07) is 7.49. The van der Waals surface area contributed by atoms with Crippen LogP contribution in [0.1, 0.15) is 0 Å². The van der Waals surface area contributed by atoms with Crippen LogP contribution >= 0.6 is 23.2 Å². The van der Waals surface area contributed by atoms with E-state index in [0.29, 0.717) is 5.15 Å². The van der Waals surface area contributed by atoms with E-state index in [1.165, 1.54) is 0 Å². The molecule has 2 rings (SSSR count). The van der Waals surface area contributed by atoms with Gasteiger partial charge in [0.1, 0.15) is 5.15 Å². The van der Waals surface area contributed by atoms with E-state index < -0.39 is 0 Å². The van der Waals surface area contributed by atoms with Crippen LogP contribution in [0, 0.1) is 0 Å². The molecule has 1 nitrogen and oxygen atoms in total. The Morgan fingerprint density at radius 1 is 1.09 bits per heavy atom. The summed E-state index contributed by atoms with van der Waals surface area (Å²) in [5, 5.41) is 2.44. The van der Waals surface area contributed by atoms with Gasteiger partial charge in [0, 0.05) is 15.9 Å². The van der Waals surface area contributed by atoms with Crippen molar-refractivity contribution in [3.8, 4) is 0 Å². The lowest BCUT2D eigenvalue weighted by Crippen LogP contribution is -1.66. The smallest absolute Gasteiger partial charge is 0.107 e. The third-order valence-electron chi connectivity index (χ3n) is 1.55. The number of halogens is 2. The van der Waals surface area contributed by atoms with Crippen LogP contribution in [0.4, 0.5) is 0 Å². The molecule has 0 fully saturated rings.